The molecule has 2 fully saturated rings. The molecule has 0 aliphatic heterocycles. The molecular weight excluding hydrogens is 204 g/mol. The Morgan fingerprint density at radius 3 is 2.35 bits per heavy atom. The molecule has 1 aromatic rings. The van der Waals surface area contributed by atoms with Gasteiger partial charge in [-0.1, -0.05) is 42.7 Å². The van der Waals surface area contributed by atoms with Crippen LogP contribution in [0.5, 0.6) is 0 Å². The molecule has 17 heavy (non-hydrogen) atoms. The summed E-state index contributed by atoms with van der Waals surface area (Å²) in [6, 6.07) is 9.15. The van der Waals surface area contributed by atoms with Gasteiger partial charge in [-0.05, 0) is 55.2 Å². The fraction of sp³-hybridized carbons (Fsp3) is 0.529. The first-order chi connectivity index (χ1) is 8.28. The van der Waals surface area contributed by atoms with Crippen LogP contribution in [-0.2, 0) is 5.41 Å². The van der Waals surface area contributed by atoms with Crippen LogP contribution in [0.3, 0.4) is 0 Å². The Morgan fingerprint density at radius 2 is 1.65 bits per heavy atom. The monoisotopic (exact) mass is 224 g/mol. The minimum Gasteiger partial charge on any atom is -0.0619 e. The number of rotatable bonds is 0. The standard InChI is InChI=1S/C17H20/c1-11-12(2)17(14-8-4-3-7-13(11)14)15-9-5-6-10-16(15)17/h3-4,7-8,15-16H,5-6,9-10H2,1-2H3. The summed E-state index contributed by atoms with van der Waals surface area (Å²) in [4.78, 5) is 0. The number of benzene rings is 1. The Hall–Kier alpha value is -1.04. The quantitative estimate of drug-likeness (QED) is 0.606. The van der Waals surface area contributed by atoms with E-state index in [1.807, 2.05) is 0 Å². The highest BCUT2D eigenvalue weighted by Crippen LogP contribution is 2.73. The summed E-state index contributed by atoms with van der Waals surface area (Å²) in [5, 5.41) is 0. The molecule has 0 radical (unpaired) electrons. The first kappa shape index (κ1) is 9.94. The zero-order valence-electron chi connectivity index (χ0n) is 10.8. The van der Waals surface area contributed by atoms with E-state index < -0.39 is 0 Å². The largest absolute Gasteiger partial charge is 0.0619 e. The summed E-state index contributed by atoms with van der Waals surface area (Å²) >= 11 is 0. The molecular formula is C17H20. The van der Waals surface area contributed by atoms with Gasteiger partial charge in [0.05, 0.1) is 0 Å². The minimum absolute atomic E-state index is 0.483. The average Bonchev–Trinajstić information content (AvgIpc) is 3.01. The van der Waals surface area contributed by atoms with E-state index in [0.717, 1.165) is 11.8 Å². The maximum Gasteiger partial charge on any atom is 0.0233 e. The molecule has 4 rings (SSSR count). The predicted molar refractivity (Wildman–Crippen MR) is 71.8 cm³/mol. The minimum atomic E-state index is 0.483. The maximum atomic E-state index is 2.40. The fourth-order valence-corrected chi connectivity index (χ4v) is 4.97. The van der Waals surface area contributed by atoms with Gasteiger partial charge in [-0.25, -0.2) is 0 Å². The topological polar surface area (TPSA) is 0 Å². The van der Waals surface area contributed by atoms with Gasteiger partial charge in [-0.3, -0.25) is 0 Å². The Labute approximate surface area is 104 Å². The molecule has 2 atom stereocenters. The summed E-state index contributed by atoms with van der Waals surface area (Å²) in [5.41, 5.74) is 6.94. The van der Waals surface area contributed by atoms with Crippen LogP contribution in [0.25, 0.3) is 5.57 Å². The van der Waals surface area contributed by atoms with Gasteiger partial charge < -0.3 is 0 Å². The third-order valence-electron chi connectivity index (χ3n) is 5.79. The number of hydrogen-bond acceptors (Lipinski definition) is 0. The van der Waals surface area contributed by atoms with Crippen molar-refractivity contribution in [1.82, 2.24) is 0 Å². The molecule has 2 unspecified atom stereocenters. The van der Waals surface area contributed by atoms with Crippen LogP contribution in [0, 0.1) is 11.8 Å². The molecule has 0 heterocycles. The van der Waals surface area contributed by atoms with E-state index in [4.69, 9.17) is 0 Å². The first-order valence-electron chi connectivity index (χ1n) is 7.05. The van der Waals surface area contributed by atoms with Gasteiger partial charge in [0.1, 0.15) is 0 Å². The molecule has 1 aromatic carbocycles. The molecule has 0 amide bonds. The Kier molecular flexibility index (Phi) is 1.78. The van der Waals surface area contributed by atoms with Crippen LogP contribution in [0.4, 0.5) is 0 Å². The van der Waals surface area contributed by atoms with Crippen molar-refractivity contribution in [1.29, 1.82) is 0 Å². The smallest absolute Gasteiger partial charge is 0.0233 e. The van der Waals surface area contributed by atoms with Gasteiger partial charge in [-0.15, -0.1) is 0 Å². The van der Waals surface area contributed by atoms with E-state index in [0.29, 0.717) is 5.41 Å². The van der Waals surface area contributed by atoms with Crippen LogP contribution < -0.4 is 0 Å². The van der Waals surface area contributed by atoms with Gasteiger partial charge in [0.2, 0.25) is 0 Å². The van der Waals surface area contributed by atoms with Crippen molar-refractivity contribution in [3.8, 4) is 0 Å². The van der Waals surface area contributed by atoms with Gasteiger partial charge in [-0.2, -0.15) is 0 Å². The third kappa shape index (κ3) is 0.968. The van der Waals surface area contributed by atoms with E-state index in [-0.39, 0.29) is 0 Å². The number of hydrogen-bond donors (Lipinski definition) is 0. The molecule has 2 saturated carbocycles. The van der Waals surface area contributed by atoms with E-state index in [1.54, 1.807) is 22.3 Å². The SMILES string of the molecule is CC1=C(C)C2(c3ccccc31)C1CCCCC12. The summed E-state index contributed by atoms with van der Waals surface area (Å²) in [6.45, 7) is 4.72. The van der Waals surface area contributed by atoms with Crippen molar-refractivity contribution in [3.63, 3.8) is 0 Å². The van der Waals surface area contributed by atoms with Crippen LogP contribution in [0.15, 0.2) is 29.8 Å². The molecule has 0 nitrogen and oxygen atoms in total. The van der Waals surface area contributed by atoms with Crippen LogP contribution in [-0.4, -0.2) is 0 Å². The van der Waals surface area contributed by atoms with Crippen molar-refractivity contribution in [2.45, 2.75) is 44.9 Å². The highest BCUT2D eigenvalue weighted by Gasteiger charge is 2.68. The molecule has 0 aromatic heterocycles. The lowest BCUT2D eigenvalue weighted by Gasteiger charge is -2.15. The van der Waals surface area contributed by atoms with Gasteiger partial charge in [0.25, 0.3) is 0 Å². The summed E-state index contributed by atoms with van der Waals surface area (Å²) in [5.74, 6) is 1.93. The second kappa shape index (κ2) is 3.04. The highest BCUT2D eigenvalue weighted by atomic mass is 14.7. The first-order valence-corrected chi connectivity index (χ1v) is 7.05. The second-order valence-corrected chi connectivity index (χ2v) is 6.16. The van der Waals surface area contributed by atoms with Crippen molar-refractivity contribution in [2.75, 3.05) is 0 Å². The van der Waals surface area contributed by atoms with Gasteiger partial charge in [0.15, 0.2) is 0 Å². The zero-order chi connectivity index (χ0) is 11.6. The van der Waals surface area contributed by atoms with Crippen molar-refractivity contribution >= 4 is 5.57 Å². The molecule has 0 bridgehead atoms. The molecule has 88 valence electrons. The summed E-state index contributed by atoms with van der Waals surface area (Å²) < 4.78 is 0. The van der Waals surface area contributed by atoms with Gasteiger partial charge in [0, 0.05) is 5.41 Å². The van der Waals surface area contributed by atoms with Crippen LogP contribution in [0.1, 0.15) is 50.7 Å². The molecule has 3 aliphatic carbocycles. The number of allylic oxidation sites excluding steroid dienone is 2. The predicted octanol–water partition coefficient (Wildman–Crippen LogP) is 4.55. The average molecular weight is 224 g/mol. The van der Waals surface area contributed by atoms with Crippen LogP contribution >= 0.6 is 0 Å². The molecule has 1 spiro atoms. The van der Waals surface area contributed by atoms with Crippen LogP contribution in [0.2, 0.25) is 0 Å². The lowest BCUT2D eigenvalue weighted by atomic mass is 9.88. The zero-order valence-corrected chi connectivity index (χ0v) is 10.8. The maximum absolute atomic E-state index is 2.40. The Balaban J connectivity index is 1.93. The fourth-order valence-electron chi connectivity index (χ4n) is 4.97. The molecule has 0 saturated heterocycles. The van der Waals surface area contributed by atoms with Crippen molar-refractivity contribution in [2.24, 2.45) is 11.8 Å². The van der Waals surface area contributed by atoms with E-state index >= 15 is 0 Å². The molecule has 0 heteroatoms. The normalized spacial score (nSPS) is 38.2. The van der Waals surface area contributed by atoms with E-state index in [2.05, 4.69) is 38.1 Å². The molecule has 3 aliphatic rings. The number of fused-ring (bicyclic) bond motifs is 5. The highest BCUT2D eigenvalue weighted by molar-refractivity contribution is 5.81. The lowest BCUT2D eigenvalue weighted by Crippen LogP contribution is -2.10. The van der Waals surface area contributed by atoms with Crippen molar-refractivity contribution in [3.05, 3.63) is 41.0 Å². The van der Waals surface area contributed by atoms with E-state index in [1.165, 1.54) is 25.7 Å². The third-order valence-corrected chi connectivity index (χ3v) is 5.79. The molecule has 0 N–H and O–H groups in total. The van der Waals surface area contributed by atoms with Gasteiger partial charge >= 0.3 is 0 Å². The van der Waals surface area contributed by atoms with Crippen molar-refractivity contribution < 1.29 is 0 Å². The Bertz CT molecular complexity index is 509. The lowest BCUT2D eigenvalue weighted by molar-refractivity contribution is 0.480. The Morgan fingerprint density at radius 1 is 1.00 bits per heavy atom. The summed E-state index contributed by atoms with van der Waals surface area (Å²) in [7, 11) is 0. The second-order valence-electron chi connectivity index (χ2n) is 6.16. The summed E-state index contributed by atoms with van der Waals surface area (Å²) in [6.07, 6.45) is 5.84. The van der Waals surface area contributed by atoms with E-state index in [9.17, 15) is 0 Å².